The van der Waals surface area contributed by atoms with Crippen molar-refractivity contribution in [1.29, 1.82) is 0 Å². The summed E-state index contributed by atoms with van der Waals surface area (Å²) in [5.41, 5.74) is -0.826. The number of nitrogens with one attached hydrogen (secondary N) is 1. The van der Waals surface area contributed by atoms with Crippen molar-refractivity contribution in [2.45, 2.75) is 12.7 Å². The number of benzene rings is 3. The predicted octanol–water partition coefficient (Wildman–Crippen LogP) is 5.83. The monoisotopic (exact) mass is 487 g/mol. The van der Waals surface area contributed by atoms with Crippen molar-refractivity contribution >= 4 is 28.5 Å². The Labute approximate surface area is 196 Å². The molecule has 1 heterocycles. The standard InChI is InChI=1S/C25H17ClF3NO4/c26-17-8-6-16(7-9-17)22-23(32)19-11-10-18(12-20(19)34-24(22)25(27,28)29)33-14-21(31)30-13-15-4-2-1-3-5-15/h1-12H,13-14H2,(H,30,31). The number of hydrogen-bond donors (Lipinski definition) is 1. The lowest BCUT2D eigenvalue weighted by molar-refractivity contribution is -0.152. The highest BCUT2D eigenvalue weighted by molar-refractivity contribution is 6.30. The van der Waals surface area contributed by atoms with Gasteiger partial charge >= 0.3 is 6.18 Å². The van der Waals surface area contributed by atoms with Gasteiger partial charge in [-0.1, -0.05) is 54.1 Å². The first-order valence-corrected chi connectivity index (χ1v) is 10.5. The predicted molar refractivity (Wildman–Crippen MR) is 122 cm³/mol. The zero-order valence-corrected chi connectivity index (χ0v) is 18.2. The van der Waals surface area contributed by atoms with E-state index in [2.05, 4.69) is 5.32 Å². The highest BCUT2D eigenvalue weighted by Gasteiger charge is 2.39. The lowest BCUT2D eigenvalue weighted by Crippen LogP contribution is -2.28. The maximum absolute atomic E-state index is 13.8. The molecule has 4 rings (SSSR count). The fraction of sp³-hybridized carbons (Fsp3) is 0.120. The molecule has 9 heteroatoms. The van der Waals surface area contributed by atoms with Crippen LogP contribution in [0.15, 0.2) is 82.0 Å². The summed E-state index contributed by atoms with van der Waals surface area (Å²) < 4.78 is 51.8. The van der Waals surface area contributed by atoms with Crippen LogP contribution in [0.1, 0.15) is 11.3 Å². The zero-order chi connectivity index (χ0) is 24.3. The van der Waals surface area contributed by atoms with Crippen LogP contribution in [0.25, 0.3) is 22.1 Å². The van der Waals surface area contributed by atoms with E-state index in [0.29, 0.717) is 11.6 Å². The van der Waals surface area contributed by atoms with E-state index >= 15 is 0 Å². The van der Waals surface area contributed by atoms with Crippen molar-refractivity contribution in [3.63, 3.8) is 0 Å². The molecule has 3 aromatic carbocycles. The van der Waals surface area contributed by atoms with Crippen LogP contribution in [0.3, 0.4) is 0 Å². The Morgan fingerprint density at radius 1 is 1.00 bits per heavy atom. The molecular formula is C25H17ClF3NO4. The van der Waals surface area contributed by atoms with Crippen molar-refractivity contribution in [2.75, 3.05) is 6.61 Å². The molecule has 0 saturated heterocycles. The van der Waals surface area contributed by atoms with Gasteiger partial charge in [-0.2, -0.15) is 13.2 Å². The molecule has 0 aliphatic rings. The van der Waals surface area contributed by atoms with Gasteiger partial charge < -0.3 is 14.5 Å². The van der Waals surface area contributed by atoms with E-state index in [0.717, 1.165) is 11.6 Å². The van der Waals surface area contributed by atoms with Crippen LogP contribution in [0.4, 0.5) is 13.2 Å². The average molecular weight is 488 g/mol. The quantitative estimate of drug-likeness (QED) is 0.372. The minimum atomic E-state index is -4.92. The molecule has 1 amide bonds. The van der Waals surface area contributed by atoms with E-state index in [-0.39, 0.29) is 28.9 Å². The molecule has 4 aromatic rings. The van der Waals surface area contributed by atoms with Gasteiger partial charge in [-0.05, 0) is 35.4 Å². The summed E-state index contributed by atoms with van der Waals surface area (Å²) in [5, 5.41) is 2.94. The maximum atomic E-state index is 13.8. The normalized spacial score (nSPS) is 11.4. The Morgan fingerprint density at radius 2 is 1.71 bits per heavy atom. The molecule has 5 nitrogen and oxygen atoms in total. The average Bonchev–Trinajstić information content (AvgIpc) is 2.82. The van der Waals surface area contributed by atoms with E-state index in [9.17, 15) is 22.8 Å². The third kappa shape index (κ3) is 5.23. The van der Waals surface area contributed by atoms with Gasteiger partial charge in [0.15, 0.2) is 6.61 Å². The lowest BCUT2D eigenvalue weighted by atomic mass is 10.0. The van der Waals surface area contributed by atoms with Crippen molar-refractivity contribution in [3.8, 4) is 16.9 Å². The van der Waals surface area contributed by atoms with Crippen LogP contribution in [0.5, 0.6) is 5.75 Å². The van der Waals surface area contributed by atoms with Gasteiger partial charge in [0, 0.05) is 17.6 Å². The van der Waals surface area contributed by atoms with Gasteiger partial charge in [-0.25, -0.2) is 0 Å². The van der Waals surface area contributed by atoms with Crippen molar-refractivity contribution in [2.24, 2.45) is 0 Å². The highest BCUT2D eigenvalue weighted by atomic mass is 35.5. The fourth-order valence-corrected chi connectivity index (χ4v) is 3.46. The van der Waals surface area contributed by atoms with E-state index in [1.54, 1.807) is 0 Å². The molecule has 0 saturated carbocycles. The number of alkyl halides is 3. The van der Waals surface area contributed by atoms with E-state index in [1.165, 1.54) is 36.4 Å². The number of carbonyl (C=O) groups excluding carboxylic acids is 1. The number of rotatable bonds is 6. The number of hydrogen-bond acceptors (Lipinski definition) is 4. The minimum Gasteiger partial charge on any atom is -0.484 e. The molecule has 0 radical (unpaired) electrons. The largest absolute Gasteiger partial charge is 0.484 e. The summed E-state index contributed by atoms with van der Waals surface area (Å²) in [5.74, 6) is -1.76. The van der Waals surface area contributed by atoms with Gasteiger partial charge in [0.05, 0.1) is 10.9 Å². The summed E-state index contributed by atoms with van der Waals surface area (Å²) in [7, 11) is 0. The fourth-order valence-electron chi connectivity index (χ4n) is 3.34. The first-order valence-electron chi connectivity index (χ1n) is 10.1. The Balaban J connectivity index is 1.60. The zero-order valence-electron chi connectivity index (χ0n) is 17.5. The summed E-state index contributed by atoms with van der Waals surface area (Å²) in [6.45, 7) is -0.0599. The van der Waals surface area contributed by atoms with Gasteiger partial charge in [0.25, 0.3) is 5.91 Å². The third-order valence-electron chi connectivity index (χ3n) is 4.96. The second-order valence-corrected chi connectivity index (χ2v) is 7.79. The first kappa shape index (κ1) is 23.4. The molecule has 1 N–H and O–H groups in total. The van der Waals surface area contributed by atoms with Crippen LogP contribution in [0.2, 0.25) is 5.02 Å². The van der Waals surface area contributed by atoms with Crippen LogP contribution in [-0.2, 0) is 17.5 Å². The van der Waals surface area contributed by atoms with Crippen LogP contribution in [0, 0.1) is 0 Å². The Hall–Kier alpha value is -3.78. The number of halogens is 4. The molecule has 0 aliphatic carbocycles. The van der Waals surface area contributed by atoms with Gasteiger partial charge in [0.1, 0.15) is 11.3 Å². The summed E-state index contributed by atoms with van der Waals surface area (Å²) in [6.07, 6.45) is -4.92. The number of carbonyl (C=O) groups is 1. The van der Waals surface area contributed by atoms with Crippen LogP contribution >= 0.6 is 11.6 Å². The molecule has 0 aliphatic heterocycles. The summed E-state index contributed by atoms with van der Waals surface area (Å²) in [6, 6.07) is 18.5. The van der Waals surface area contributed by atoms with E-state index < -0.39 is 28.8 Å². The second-order valence-electron chi connectivity index (χ2n) is 7.35. The van der Waals surface area contributed by atoms with Crippen molar-refractivity contribution < 1.29 is 27.1 Å². The maximum Gasteiger partial charge on any atom is 0.450 e. The smallest absolute Gasteiger partial charge is 0.450 e. The lowest BCUT2D eigenvalue weighted by Gasteiger charge is -2.13. The number of fused-ring (bicyclic) bond motifs is 1. The molecular weight excluding hydrogens is 471 g/mol. The van der Waals surface area contributed by atoms with Gasteiger partial charge in [-0.15, -0.1) is 0 Å². The molecule has 34 heavy (non-hydrogen) atoms. The Morgan fingerprint density at radius 3 is 2.38 bits per heavy atom. The van der Waals surface area contributed by atoms with Gasteiger partial charge in [0.2, 0.25) is 11.2 Å². The molecule has 0 spiro atoms. The van der Waals surface area contributed by atoms with Crippen LogP contribution < -0.4 is 15.5 Å². The number of ether oxygens (including phenoxy) is 1. The Kier molecular flexibility index (Phi) is 6.61. The van der Waals surface area contributed by atoms with Crippen LogP contribution in [-0.4, -0.2) is 12.5 Å². The second kappa shape index (κ2) is 9.61. The molecule has 0 unspecified atom stereocenters. The minimum absolute atomic E-state index is 0.0304. The topological polar surface area (TPSA) is 68.5 Å². The molecule has 1 aromatic heterocycles. The van der Waals surface area contributed by atoms with Crippen molar-refractivity contribution in [1.82, 2.24) is 5.32 Å². The summed E-state index contributed by atoms with van der Waals surface area (Å²) >= 11 is 5.82. The molecule has 0 atom stereocenters. The third-order valence-corrected chi connectivity index (χ3v) is 5.21. The van der Waals surface area contributed by atoms with E-state index in [4.69, 9.17) is 20.8 Å². The van der Waals surface area contributed by atoms with Gasteiger partial charge in [-0.3, -0.25) is 9.59 Å². The summed E-state index contributed by atoms with van der Waals surface area (Å²) in [4.78, 5) is 25.0. The van der Waals surface area contributed by atoms with Crippen molar-refractivity contribution in [3.05, 3.63) is 99.4 Å². The molecule has 174 valence electrons. The first-order chi connectivity index (χ1) is 16.2. The molecule has 0 fully saturated rings. The number of amides is 1. The Bertz CT molecular complexity index is 1380. The SMILES string of the molecule is O=C(COc1ccc2c(=O)c(-c3ccc(Cl)cc3)c(C(F)(F)F)oc2c1)NCc1ccccc1. The highest BCUT2D eigenvalue weighted by Crippen LogP contribution is 2.38. The molecule has 0 bridgehead atoms. The van der Waals surface area contributed by atoms with E-state index in [1.807, 2.05) is 30.3 Å².